The zero-order chi connectivity index (χ0) is 12.8. The molecule has 0 heterocycles. The summed E-state index contributed by atoms with van der Waals surface area (Å²) >= 11 is 5.87. The van der Waals surface area contributed by atoms with Gasteiger partial charge in [0.1, 0.15) is 6.04 Å². The molecule has 1 aromatic rings. The lowest BCUT2D eigenvalue weighted by molar-refractivity contribution is -0.121. The fraction of sp³-hybridized carbons (Fsp3) is 0.417. The van der Waals surface area contributed by atoms with Crippen LogP contribution in [0.15, 0.2) is 18.2 Å². The minimum absolute atomic E-state index is 0.0498. The first kappa shape index (κ1) is 13.6. The first-order valence-electron chi connectivity index (χ1n) is 5.64. The monoisotopic (exact) mass is 255 g/mol. The molecule has 0 saturated carbocycles. The van der Waals surface area contributed by atoms with Crippen LogP contribution in [0.2, 0.25) is 5.02 Å². The molecule has 4 nitrogen and oxygen atoms in total. The zero-order valence-corrected chi connectivity index (χ0v) is 10.8. The maximum atomic E-state index is 11.7. The number of hydrogen-bond acceptors (Lipinski definition) is 3. The van der Waals surface area contributed by atoms with Crippen molar-refractivity contribution < 1.29 is 4.79 Å². The Balaban J connectivity index is 2.64. The molecule has 0 aromatic heterocycles. The molecule has 0 radical (unpaired) electrons. The van der Waals surface area contributed by atoms with Gasteiger partial charge in [0.15, 0.2) is 0 Å². The number of carbonyl (C=O) groups is 1. The Morgan fingerprint density at radius 2 is 2.24 bits per heavy atom. The molecule has 0 aliphatic heterocycles. The Kier molecular flexibility index (Phi) is 5.10. The molecule has 1 rings (SSSR count). The summed E-state index contributed by atoms with van der Waals surface area (Å²) in [5.74, 6) is -0.0498. The topological polar surface area (TPSA) is 67.2 Å². The highest BCUT2D eigenvalue weighted by molar-refractivity contribution is 6.31. The zero-order valence-electron chi connectivity index (χ0n) is 10.1. The van der Waals surface area contributed by atoms with Crippen molar-refractivity contribution in [1.29, 1.82) is 0 Å². The average molecular weight is 256 g/mol. The number of hydrogen-bond donors (Lipinski definition) is 3. The Morgan fingerprint density at radius 3 is 2.88 bits per heavy atom. The summed E-state index contributed by atoms with van der Waals surface area (Å²) in [6.07, 6.45) is 0.914. The first-order valence-corrected chi connectivity index (χ1v) is 6.01. The van der Waals surface area contributed by atoms with E-state index < -0.39 is 0 Å². The van der Waals surface area contributed by atoms with E-state index in [1.807, 2.05) is 6.92 Å². The molecule has 0 spiro atoms. The number of nitrogen functional groups attached to an aromatic ring is 1. The fourth-order valence-electron chi connectivity index (χ4n) is 1.35. The van der Waals surface area contributed by atoms with E-state index in [9.17, 15) is 4.79 Å². The molecule has 17 heavy (non-hydrogen) atoms. The SMILES string of the molecule is CCCNC(=O)C(C)Nc1cc(Cl)ccc1N. The predicted octanol–water partition coefficient (Wildman–Crippen LogP) is 2.25. The van der Waals surface area contributed by atoms with Crippen molar-refractivity contribution in [3.63, 3.8) is 0 Å². The summed E-state index contributed by atoms with van der Waals surface area (Å²) in [6.45, 7) is 4.47. The molecule has 94 valence electrons. The Labute approximate surface area is 107 Å². The van der Waals surface area contributed by atoms with E-state index in [2.05, 4.69) is 10.6 Å². The van der Waals surface area contributed by atoms with Crippen LogP contribution in [0.1, 0.15) is 20.3 Å². The van der Waals surface area contributed by atoms with E-state index >= 15 is 0 Å². The summed E-state index contributed by atoms with van der Waals surface area (Å²) in [4.78, 5) is 11.7. The van der Waals surface area contributed by atoms with Crippen LogP contribution in [0.4, 0.5) is 11.4 Å². The summed E-state index contributed by atoms with van der Waals surface area (Å²) in [6, 6.07) is 4.79. The number of anilines is 2. The molecule has 0 bridgehead atoms. The largest absolute Gasteiger partial charge is 0.397 e. The smallest absolute Gasteiger partial charge is 0.242 e. The minimum atomic E-state index is -0.345. The lowest BCUT2D eigenvalue weighted by Crippen LogP contribution is -2.38. The third-order valence-corrected chi connectivity index (χ3v) is 2.56. The van der Waals surface area contributed by atoms with Gasteiger partial charge in [0.25, 0.3) is 0 Å². The van der Waals surface area contributed by atoms with Crippen molar-refractivity contribution >= 4 is 28.9 Å². The van der Waals surface area contributed by atoms with Crippen molar-refractivity contribution in [2.24, 2.45) is 0 Å². The van der Waals surface area contributed by atoms with E-state index in [0.29, 0.717) is 22.9 Å². The number of nitrogens with two attached hydrogens (primary N) is 1. The summed E-state index contributed by atoms with van der Waals surface area (Å²) in [5.41, 5.74) is 7.04. The lowest BCUT2D eigenvalue weighted by atomic mass is 10.2. The third kappa shape index (κ3) is 4.15. The van der Waals surface area contributed by atoms with Gasteiger partial charge in [0, 0.05) is 11.6 Å². The number of carbonyl (C=O) groups excluding carboxylic acids is 1. The molecule has 4 N–H and O–H groups in total. The first-order chi connectivity index (χ1) is 8.04. The maximum absolute atomic E-state index is 11.7. The van der Waals surface area contributed by atoms with Crippen LogP contribution in [0.3, 0.4) is 0 Å². The second kappa shape index (κ2) is 6.35. The normalized spacial score (nSPS) is 11.9. The van der Waals surface area contributed by atoms with Crippen LogP contribution in [-0.4, -0.2) is 18.5 Å². The van der Waals surface area contributed by atoms with E-state index in [1.165, 1.54) is 0 Å². The molecule has 0 aliphatic carbocycles. The summed E-state index contributed by atoms with van der Waals surface area (Å²) in [7, 11) is 0. The molecule has 0 fully saturated rings. The molecule has 0 saturated heterocycles. The van der Waals surface area contributed by atoms with Crippen LogP contribution >= 0.6 is 11.6 Å². The van der Waals surface area contributed by atoms with Gasteiger partial charge in [-0.25, -0.2) is 0 Å². The van der Waals surface area contributed by atoms with Gasteiger partial charge in [0.2, 0.25) is 5.91 Å². The van der Waals surface area contributed by atoms with Crippen LogP contribution in [0.5, 0.6) is 0 Å². The van der Waals surface area contributed by atoms with Gasteiger partial charge in [-0.3, -0.25) is 4.79 Å². The van der Waals surface area contributed by atoms with E-state index in [-0.39, 0.29) is 11.9 Å². The quantitative estimate of drug-likeness (QED) is 0.707. The highest BCUT2D eigenvalue weighted by Gasteiger charge is 2.12. The second-order valence-corrected chi connectivity index (χ2v) is 4.33. The number of rotatable bonds is 5. The van der Waals surface area contributed by atoms with Gasteiger partial charge >= 0.3 is 0 Å². The maximum Gasteiger partial charge on any atom is 0.242 e. The number of halogens is 1. The van der Waals surface area contributed by atoms with Crippen LogP contribution < -0.4 is 16.4 Å². The molecule has 0 aliphatic rings. The number of nitrogens with one attached hydrogen (secondary N) is 2. The van der Waals surface area contributed by atoms with Crippen molar-refractivity contribution in [3.05, 3.63) is 23.2 Å². The second-order valence-electron chi connectivity index (χ2n) is 3.89. The van der Waals surface area contributed by atoms with E-state index in [1.54, 1.807) is 25.1 Å². The average Bonchev–Trinajstić information content (AvgIpc) is 2.30. The third-order valence-electron chi connectivity index (χ3n) is 2.33. The van der Waals surface area contributed by atoms with Crippen LogP contribution in [-0.2, 0) is 4.79 Å². The Morgan fingerprint density at radius 1 is 1.53 bits per heavy atom. The van der Waals surface area contributed by atoms with Gasteiger partial charge in [-0.1, -0.05) is 18.5 Å². The molecular weight excluding hydrogens is 238 g/mol. The standard InChI is InChI=1S/C12H18ClN3O/c1-3-6-15-12(17)8(2)16-11-7-9(13)4-5-10(11)14/h4-5,7-8,16H,3,6,14H2,1-2H3,(H,15,17). The van der Waals surface area contributed by atoms with Crippen molar-refractivity contribution in [2.45, 2.75) is 26.3 Å². The summed E-state index contributed by atoms with van der Waals surface area (Å²) < 4.78 is 0. The van der Waals surface area contributed by atoms with E-state index in [0.717, 1.165) is 6.42 Å². The molecule has 1 aromatic carbocycles. The highest BCUT2D eigenvalue weighted by Crippen LogP contribution is 2.23. The van der Waals surface area contributed by atoms with Crippen LogP contribution in [0.25, 0.3) is 0 Å². The van der Waals surface area contributed by atoms with Crippen molar-refractivity contribution in [3.8, 4) is 0 Å². The Bertz CT molecular complexity index is 395. The predicted molar refractivity (Wildman–Crippen MR) is 72.2 cm³/mol. The minimum Gasteiger partial charge on any atom is -0.397 e. The molecule has 1 unspecified atom stereocenters. The van der Waals surface area contributed by atoms with Gasteiger partial charge in [-0.15, -0.1) is 0 Å². The highest BCUT2D eigenvalue weighted by atomic mass is 35.5. The fourth-order valence-corrected chi connectivity index (χ4v) is 1.53. The Hall–Kier alpha value is -1.42. The van der Waals surface area contributed by atoms with Gasteiger partial charge in [-0.2, -0.15) is 0 Å². The number of amides is 1. The van der Waals surface area contributed by atoms with Crippen molar-refractivity contribution in [2.75, 3.05) is 17.6 Å². The molecular formula is C12H18ClN3O. The molecule has 1 amide bonds. The van der Waals surface area contributed by atoms with Gasteiger partial charge in [0.05, 0.1) is 11.4 Å². The van der Waals surface area contributed by atoms with Gasteiger partial charge in [-0.05, 0) is 31.5 Å². The number of benzene rings is 1. The van der Waals surface area contributed by atoms with E-state index in [4.69, 9.17) is 17.3 Å². The molecule has 5 heteroatoms. The van der Waals surface area contributed by atoms with Crippen LogP contribution in [0, 0.1) is 0 Å². The summed E-state index contributed by atoms with van der Waals surface area (Å²) in [5, 5.41) is 6.44. The molecule has 1 atom stereocenters. The van der Waals surface area contributed by atoms with Crippen molar-refractivity contribution in [1.82, 2.24) is 5.32 Å². The van der Waals surface area contributed by atoms with Gasteiger partial charge < -0.3 is 16.4 Å². The lowest BCUT2D eigenvalue weighted by Gasteiger charge is -2.16.